The number of hydrogen-bond acceptors (Lipinski definition) is 2. The van der Waals surface area contributed by atoms with Gasteiger partial charge in [-0.2, -0.15) is 13.2 Å². The highest BCUT2D eigenvalue weighted by Gasteiger charge is 2.39. The smallest absolute Gasteiger partial charge is 0.381 e. The molecule has 2 unspecified atom stereocenters. The molecule has 1 fully saturated rings. The average molecular weight is 309 g/mol. The molecular formula is C14H16ClF3O2. The zero-order chi connectivity index (χ0) is 14.8. The molecule has 1 N–H and O–H groups in total. The fraction of sp³-hybridized carbons (Fsp3) is 0.571. The summed E-state index contributed by atoms with van der Waals surface area (Å²) >= 11 is 6.08. The van der Waals surface area contributed by atoms with Crippen LogP contribution in [-0.4, -0.2) is 24.5 Å². The van der Waals surface area contributed by atoms with Gasteiger partial charge in [-0.25, -0.2) is 0 Å². The number of aliphatic hydroxyl groups excluding tert-OH is 1. The van der Waals surface area contributed by atoms with Crippen molar-refractivity contribution in [2.45, 2.75) is 37.5 Å². The maximum atomic E-state index is 12.6. The monoisotopic (exact) mass is 308 g/mol. The first-order valence-electron chi connectivity index (χ1n) is 6.51. The quantitative estimate of drug-likeness (QED) is 0.886. The van der Waals surface area contributed by atoms with E-state index in [1.165, 1.54) is 18.2 Å². The van der Waals surface area contributed by atoms with Crippen LogP contribution >= 0.6 is 11.6 Å². The van der Waals surface area contributed by atoms with Crippen LogP contribution in [-0.2, 0) is 4.74 Å². The van der Waals surface area contributed by atoms with E-state index >= 15 is 0 Å². The second kappa shape index (κ2) is 6.33. The Labute approximate surface area is 120 Å². The Balaban J connectivity index is 2.28. The molecule has 2 atom stereocenters. The average Bonchev–Trinajstić information content (AvgIpc) is 2.66. The highest BCUT2D eigenvalue weighted by atomic mass is 35.5. The second-order valence-electron chi connectivity index (χ2n) is 4.99. The van der Waals surface area contributed by atoms with Gasteiger partial charge >= 0.3 is 6.18 Å². The third-order valence-electron chi connectivity index (χ3n) is 3.50. The summed E-state index contributed by atoms with van der Waals surface area (Å²) in [5.74, 6) is -0.0228. The number of halogens is 4. The lowest BCUT2D eigenvalue weighted by Crippen LogP contribution is -2.20. The molecule has 1 aromatic carbocycles. The normalized spacial score (nSPS) is 22.4. The van der Waals surface area contributed by atoms with Gasteiger partial charge in [-0.05, 0) is 30.0 Å². The summed E-state index contributed by atoms with van der Waals surface area (Å²) in [5.41, 5.74) is 0.440. The maximum absolute atomic E-state index is 12.6. The highest BCUT2D eigenvalue weighted by molar-refractivity contribution is 6.31. The largest absolute Gasteiger partial charge is 0.418 e. The van der Waals surface area contributed by atoms with E-state index < -0.39 is 12.3 Å². The van der Waals surface area contributed by atoms with E-state index in [1.807, 2.05) is 0 Å². The van der Waals surface area contributed by atoms with Crippen LogP contribution in [0.3, 0.4) is 0 Å². The number of alkyl halides is 3. The van der Waals surface area contributed by atoms with E-state index in [4.69, 9.17) is 16.3 Å². The first kappa shape index (κ1) is 15.6. The Morgan fingerprint density at radius 2 is 2.05 bits per heavy atom. The van der Waals surface area contributed by atoms with Crippen molar-refractivity contribution < 1.29 is 23.0 Å². The molecule has 0 spiro atoms. The minimum atomic E-state index is -4.68. The van der Waals surface area contributed by atoms with Gasteiger partial charge in [0.15, 0.2) is 6.10 Å². The van der Waals surface area contributed by atoms with Crippen LogP contribution in [0.15, 0.2) is 18.2 Å². The van der Waals surface area contributed by atoms with Crippen molar-refractivity contribution in [3.63, 3.8) is 0 Å². The van der Waals surface area contributed by atoms with E-state index in [0.717, 1.165) is 19.3 Å². The maximum Gasteiger partial charge on any atom is 0.418 e. The lowest BCUT2D eigenvalue weighted by molar-refractivity contribution is -0.206. The fourth-order valence-electron chi connectivity index (χ4n) is 2.38. The molecule has 1 aliphatic rings. The molecule has 2 nitrogen and oxygen atoms in total. The Kier molecular flexibility index (Phi) is 4.94. The van der Waals surface area contributed by atoms with Crippen LogP contribution in [0.1, 0.15) is 42.4 Å². The van der Waals surface area contributed by atoms with Crippen LogP contribution in [0, 0.1) is 0 Å². The predicted molar refractivity (Wildman–Crippen MR) is 69.9 cm³/mol. The van der Waals surface area contributed by atoms with Crippen LogP contribution in [0.5, 0.6) is 0 Å². The lowest BCUT2D eigenvalue weighted by Gasteiger charge is -2.20. The van der Waals surface area contributed by atoms with Crippen molar-refractivity contribution >= 4 is 11.6 Å². The predicted octanol–water partition coefficient (Wildman–Crippen LogP) is 4.22. The summed E-state index contributed by atoms with van der Waals surface area (Å²) in [6.07, 6.45) is -4.44. The molecule has 0 radical (unpaired) electrons. The van der Waals surface area contributed by atoms with Crippen LogP contribution < -0.4 is 0 Å². The van der Waals surface area contributed by atoms with E-state index in [-0.39, 0.29) is 11.5 Å². The summed E-state index contributed by atoms with van der Waals surface area (Å²) in [7, 11) is 0. The van der Waals surface area contributed by atoms with Gasteiger partial charge in [-0.1, -0.05) is 30.2 Å². The third-order valence-corrected chi connectivity index (χ3v) is 3.84. The molecule has 1 aliphatic heterocycles. The van der Waals surface area contributed by atoms with Gasteiger partial charge in [0.25, 0.3) is 0 Å². The number of ether oxygens (including phenoxy) is 1. The first-order valence-corrected chi connectivity index (χ1v) is 6.89. The molecule has 112 valence electrons. The van der Waals surface area contributed by atoms with Crippen molar-refractivity contribution in [1.29, 1.82) is 0 Å². The number of aliphatic hydroxyl groups is 1. The Hall–Kier alpha value is -0.780. The van der Waals surface area contributed by atoms with Crippen molar-refractivity contribution in [2.24, 2.45) is 0 Å². The highest BCUT2D eigenvalue weighted by Crippen LogP contribution is 2.37. The van der Waals surface area contributed by atoms with Crippen LogP contribution in [0.25, 0.3) is 0 Å². The minimum Gasteiger partial charge on any atom is -0.381 e. The molecule has 1 saturated heterocycles. The Morgan fingerprint density at radius 3 is 2.75 bits per heavy atom. The lowest BCUT2D eigenvalue weighted by atomic mass is 9.92. The molecule has 0 aliphatic carbocycles. The topological polar surface area (TPSA) is 29.5 Å². The molecule has 6 heteroatoms. The number of benzene rings is 1. The van der Waals surface area contributed by atoms with Crippen molar-refractivity contribution in [2.75, 3.05) is 13.2 Å². The van der Waals surface area contributed by atoms with Gasteiger partial charge in [0.05, 0.1) is 6.61 Å². The molecule has 0 aromatic heterocycles. The van der Waals surface area contributed by atoms with Gasteiger partial charge in [-0.3, -0.25) is 0 Å². The minimum absolute atomic E-state index is 0.0228. The summed E-state index contributed by atoms with van der Waals surface area (Å²) in [4.78, 5) is 0. The molecule has 1 aromatic rings. The van der Waals surface area contributed by atoms with Gasteiger partial charge in [0.1, 0.15) is 0 Å². The first-order chi connectivity index (χ1) is 9.39. The SMILES string of the molecule is OC(c1ccc(Cl)c(C2CCCCOC2)c1)C(F)(F)F. The van der Waals surface area contributed by atoms with Crippen molar-refractivity contribution in [3.8, 4) is 0 Å². The van der Waals surface area contributed by atoms with Crippen molar-refractivity contribution in [1.82, 2.24) is 0 Å². The summed E-state index contributed by atoms with van der Waals surface area (Å²) < 4.78 is 43.1. The zero-order valence-corrected chi connectivity index (χ0v) is 11.5. The van der Waals surface area contributed by atoms with Crippen molar-refractivity contribution in [3.05, 3.63) is 34.3 Å². The standard InChI is InChI=1S/C14H16ClF3O2/c15-12-5-4-9(13(19)14(16,17)18)7-11(12)10-3-1-2-6-20-8-10/h4-5,7,10,13,19H,1-3,6,8H2. The fourth-order valence-corrected chi connectivity index (χ4v) is 2.66. The second-order valence-corrected chi connectivity index (χ2v) is 5.40. The van der Waals surface area contributed by atoms with E-state index in [9.17, 15) is 18.3 Å². The van der Waals surface area contributed by atoms with Crippen LogP contribution in [0.2, 0.25) is 5.02 Å². The zero-order valence-electron chi connectivity index (χ0n) is 10.8. The molecule has 20 heavy (non-hydrogen) atoms. The van der Waals surface area contributed by atoms with Gasteiger partial charge < -0.3 is 9.84 Å². The summed E-state index contributed by atoms with van der Waals surface area (Å²) in [6, 6.07) is 3.97. The Bertz CT molecular complexity index is 454. The Morgan fingerprint density at radius 1 is 1.30 bits per heavy atom. The molecule has 2 rings (SSSR count). The number of hydrogen-bond donors (Lipinski definition) is 1. The molecule has 0 amide bonds. The molecular weight excluding hydrogens is 293 g/mol. The molecule has 0 saturated carbocycles. The van der Waals surface area contributed by atoms with E-state index in [0.29, 0.717) is 23.8 Å². The summed E-state index contributed by atoms with van der Waals surface area (Å²) in [6.45, 7) is 1.12. The number of rotatable bonds is 2. The van der Waals surface area contributed by atoms with E-state index in [1.54, 1.807) is 0 Å². The molecule has 1 heterocycles. The van der Waals surface area contributed by atoms with Crippen LogP contribution in [0.4, 0.5) is 13.2 Å². The third kappa shape index (κ3) is 3.65. The van der Waals surface area contributed by atoms with E-state index in [2.05, 4.69) is 0 Å². The summed E-state index contributed by atoms with van der Waals surface area (Å²) in [5, 5.41) is 9.74. The molecule has 0 bridgehead atoms. The van der Waals surface area contributed by atoms with Gasteiger partial charge in [0.2, 0.25) is 0 Å². The van der Waals surface area contributed by atoms with Gasteiger partial charge in [0, 0.05) is 17.5 Å². The van der Waals surface area contributed by atoms with Gasteiger partial charge in [-0.15, -0.1) is 0 Å².